The van der Waals surface area contributed by atoms with E-state index in [0.717, 1.165) is 39.6 Å². The van der Waals surface area contributed by atoms with Crippen LogP contribution in [0.4, 0.5) is 5.82 Å². The number of benzene rings is 1. The second-order valence-corrected chi connectivity index (χ2v) is 6.01. The summed E-state index contributed by atoms with van der Waals surface area (Å²) < 4.78 is 7.38. The average Bonchev–Trinajstić information content (AvgIpc) is 3.16. The topological polar surface area (TPSA) is 64.3 Å². The minimum absolute atomic E-state index is 0.644. The zero-order valence-corrected chi connectivity index (χ0v) is 14.7. The summed E-state index contributed by atoms with van der Waals surface area (Å²) in [5.74, 6) is 1.79. The molecule has 6 heteroatoms. The van der Waals surface area contributed by atoms with Crippen LogP contribution in [-0.2, 0) is 6.54 Å². The number of methoxy groups -OCH3 is 1. The van der Waals surface area contributed by atoms with Gasteiger partial charge in [0.05, 0.1) is 7.11 Å². The molecule has 0 saturated carbocycles. The number of para-hydroxylation sites is 1. The van der Waals surface area contributed by atoms with Crippen molar-refractivity contribution in [1.82, 2.24) is 19.6 Å². The van der Waals surface area contributed by atoms with E-state index in [-0.39, 0.29) is 0 Å². The van der Waals surface area contributed by atoms with Crippen molar-refractivity contribution in [2.45, 2.75) is 13.5 Å². The molecule has 1 N–H and O–H groups in total. The van der Waals surface area contributed by atoms with E-state index >= 15 is 0 Å². The molecule has 0 atom stereocenters. The van der Waals surface area contributed by atoms with E-state index in [2.05, 4.69) is 26.6 Å². The minimum atomic E-state index is 0.644. The molecule has 1 aromatic carbocycles. The van der Waals surface area contributed by atoms with Crippen LogP contribution in [0.5, 0.6) is 5.75 Å². The predicted octanol–water partition coefficient (Wildman–Crippen LogP) is 3.72. The first kappa shape index (κ1) is 16.1. The summed E-state index contributed by atoms with van der Waals surface area (Å²) in [7, 11) is 1.68. The van der Waals surface area contributed by atoms with Gasteiger partial charge in [0.1, 0.15) is 17.9 Å². The van der Waals surface area contributed by atoms with E-state index in [9.17, 15) is 0 Å². The number of ether oxygens (including phenoxy) is 1. The third-order valence-corrected chi connectivity index (χ3v) is 4.32. The number of nitrogens with zero attached hydrogens (tertiary/aromatic N) is 4. The number of aryl methyl sites for hydroxylation is 1. The first-order valence-electron chi connectivity index (χ1n) is 8.38. The van der Waals surface area contributed by atoms with Crippen LogP contribution < -0.4 is 10.1 Å². The molecule has 0 spiro atoms. The van der Waals surface area contributed by atoms with Crippen molar-refractivity contribution in [2.75, 3.05) is 12.4 Å². The van der Waals surface area contributed by atoms with E-state index in [1.54, 1.807) is 13.4 Å². The molecule has 0 fully saturated rings. The summed E-state index contributed by atoms with van der Waals surface area (Å²) in [5, 5.41) is 11.8. The van der Waals surface area contributed by atoms with Crippen LogP contribution in [-0.4, -0.2) is 26.7 Å². The quantitative estimate of drug-likeness (QED) is 0.597. The third-order valence-electron chi connectivity index (χ3n) is 4.32. The summed E-state index contributed by atoms with van der Waals surface area (Å²) in [6.07, 6.45) is 3.53. The third kappa shape index (κ3) is 2.97. The fourth-order valence-electron chi connectivity index (χ4n) is 3.03. The number of hydrogen-bond donors (Lipinski definition) is 1. The Morgan fingerprint density at radius 1 is 1.12 bits per heavy atom. The van der Waals surface area contributed by atoms with Crippen LogP contribution in [0, 0.1) is 6.92 Å². The van der Waals surface area contributed by atoms with Crippen LogP contribution >= 0.6 is 0 Å². The van der Waals surface area contributed by atoms with E-state index in [1.165, 1.54) is 0 Å². The molecule has 4 rings (SSSR count). The lowest BCUT2D eigenvalue weighted by molar-refractivity contribution is 0.410. The lowest BCUT2D eigenvalue weighted by Gasteiger charge is -2.13. The molecular weight excluding hydrogens is 326 g/mol. The SMILES string of the molecule is COc1ccccc1CNc1ccc(-c2ccnc(C)c2)c2nncn12. The van der Waals surface area contributed by atoms with Gasteiger partial charge in [0, 0.05) is 29.6 Å². The maximum atomic E-state index is 5.42. The number of rotatable bonds is 5. The second-order valence-electron chi connectivity index (χ2n) is 6.01. The van der Waals surface area contributed by atoms with E-state index in [1.807, 2.05) is 60.0 Å². The first-order valence-corrected chi connectivity index (χ1v) is 8.38. The standard InChI is InChI=1S/C20H19N5O/c1-14-11-15(9-10-21-14)17-7-8-19(25-13-23-24-20(17)25)22-12-16-5-3-4-6-18(16)26-2/h3-11,13,22H,12H2,1-2H3. The van der Waals surface area contributed by atoms with Crippen LogP contribution in [0.25, 0.3) is 16.8 Å². The predicted molar refractivity (Wildman–Crippen MR) is 101 cm³/mol. The smallest absolute Gasteiger partial charge is 0.170 e. The number of nitrogens with one attached hydrogen (secondary N) is 1. The molecule has 3 aromatic heterocycles. The second kappa shape index (κ2) is 6.84. The van der Waals surface area contributed by atoms with E-state index in [0.29, 0.717) is 6.54 Å². The summed E-state index contributed by atoms with van der Waals surface area (Å²) in [6, 6.07) is 16.1. The van der Waals surface area contributed by atoms with Crippen LogP contribution in [0.2, 0.25) is 0 Å². The summed E-state index contributed by atoms with van der Waals surface area (Å²) >= 11 is 0. The number of pyridine rings is 2. The molecule has 6 nitrogen and oxygen atoms in total. The van der Waals surface area contributed by atoms with Gasteiger partial charge in [-0.25, -0.2) is 0 Å². The number of fused-ring (bicyclic) bond motifs is 1. The van der Waals surface area contributed by atoms with Gasteiger partial charge in [-0.05, 0) is 42.8 Å². The molecule has 0 bridgehead atoms. The number of aromatic nitrogens is 4. The Balaban J connectivity index is 1.68. The van der Waals surface area contributed by atoms with Gasteiger partial charge >= 0.3 is 0 Å². The van der Waals surface area contributed by atoms with Crippen molar-refractivity contribution in [2.24, 2.45) is 0 Å². The number of hydrogen-bond acceptors (Lipinski definition) is 5. The highest BCUT2D eigenvalue weighted by atomic mass is 16.5. The molecule has 0 unspecified atom stereocenters. The molecule has 0 amide bonds. The van der Waals surface area contributed by atoms with Gasteiger partial charge in [-0.15, -0.1) is 10.2 Å². The fourth-order valence-corrected chi connectivity index (χ4v) is 3.03. The normalized spacial score (nSPS) is 10.8. The molecular formula is C20H19N5O. The zero-order valence-electron chi connectivity index (χ0n) is 14.7. The molecule has 0 aliphatic heterocycles. The summed E-state index contributed by atoms with van der Waals surface area (Å²) in [5.41, 5.74) is 4.96. The monoisotopic (exact) mass is 345 g/mol. The van der Waals surface area contributed by atoms with Gasteiger partial charge in [0.25, 0.3) is 0 Å². The fraction of sp³-hybridized carbons (Fsp3) is 0.150. The van der Waals surface area contributed by atoms with Crippen molar-refractivity contribution in [3.8, 4) is 16.9 Å². The summed E-state index contributed by atoms with van der Waals surface area (Å²) in [4.78, 5) is 4.26. The average molecular weight is 345 g/mol. The van der Waals surface area contributed by atoms with Crippen LogP contribution in [0.1, 0.15) is 11.3 Å². The maximum Gasteiger partial charge on any atom is 0.170 e. The van der Waals surface area contributed by atoms with Gasteiger partial charge in [-0.2, -0.15) is 0 Å². The molecule has 3 heterocycles. The summed E-state index contributed by atoms with van der Waals surface area (Å²) in [6.45, 7) is 2.62. The van der Waals surface area contributed by atoms with Gasteiger partial charge in [-0.1, -0.05) is 18.2 Å². The highest BCUT2D eigenvalue weighted by molar-refractivity contribution is 5.79. The molecule has 130 valence electrons. The highest BCUT2D eigenvalue weighted by Gasteiger charge is 2.11. The van der Waals surface area contributed by atoms with Gasteiger partial charge < -0.3 is 10.1 Å². The Hall–Kier alpha value is -3.41. The molecule has 0 saturated heterocycles. The molecule has 0 radical (unpaired) electrons. The van der Waals surface area contributed by atoms with Crippen LogP contribution in [0.15, 0.2) is 61.1 Å². The first-order chi connectivity index (χ1) is 12.8. The largest absolute Gasteiger partial charge is 0.496 e. The van der Waals surface area contributed by atoms with Crippen LogP contribution in [0.3, 0.4) is 0 Å². The van der Waals surface area contributed by atoms with E-state index in [4.69, 9.17) is 4.74 Å². The van der Waals surface area contributed by atoms with Crippen molar-refractivity contribution in [1.29, 1.82) is 0 Å². The van der Waals surface area contributed by atoms with Crippen molar-refractivity contribution < 1.29 is 4.74 Å². The maximum absolute atomic E-state index is 5.42. The minimum Gasteiger partial charge on any atom is -0.496 e. The zero-order chi connectivity index (χ0) is 17.9. The molecule has 0 aliphatic carbocycles. The van der Waals surface area contributed by atoms with Crippen molar-refractivity contribution >= 4 is 11.5 Å². The Morgan fingerprint density at radius 2 is 2.00 bits per heavy atom. The Morgan fingerprint density at radius 3 is 2.85 bits per heavy atom. The lowest BCUT2D eigenvalue weighted by Crippen LogP contribution is -2.05. The number of anilines is 1. The molecule has 0 aliphatic rings. The molecule has 26 heavy (non-hydrogen) atoms. The van der Waals surface area contributed by atoms with Gasteiger partial charge in [-0.3, -0.25) is 9.38 Å². The van der Waals surface area contributed by atoms with Gasteiger partial charge in [0.2, 0.25) is 0 Å². The molecule has 4 aromatic rings. The Kier molecular flexibility index (Phi) is 4.23. The Labute approximate surface area is 151 Å². The lowest BCUT2D eigenvalue weighted by atomic mass is 10.1. The van der Waals surface area contributed by atoms with Gasteiger partial charge in [0.15, 0.2) is 5.65 Å². The van der Waals surface area contributed by atoms with E-state index < -0.39 is 0 Å². The van der Waals surface area contributed by atoms with Crippen molar-refractivity contribution in [3.05, 3.63) is 72.3 Å². The Bertz CT molecular complexity index is 1060. The van der Waals surface area contributed by atoms with Crippen molar-refractivity contribution in [3.63, 3.8) is 0 Å². The highest BCUT2D eigenvalue weighted by Crippen LogP contribution is 2.27.